The predicted octanol–water partition coefficient (Wildman–Crippen LogP) is 1.26. The van der Waals surface area contributed by atoms with E-state index < -0.39 is 0 Å². The van der Waals surface area contributed by atoms with Crippen LogP contribution in [0.25, 0.3) is 0 Å². The van der Waals surface area contributed by atoms with Gasteiger partial charge in [0.15, 0.2) is 5.96 Å². The average Bonchev–Trinajstić information content (AvgIpc) is 3.41. The molecule has 160 valence electrons. The van der Waals surface area contributed by atoms with Crippen LogP contribution in [0.1, 0.15) is 31.2 Å². The fourth-order valence-electron chi connectivity index (χ4n) is 3.76. The first kappa shape index (κ1) is 21.5. The quantitative estimate of drug-likeness (QED) is 0.384. The number of guanidine groups is 1. The molecule has 3 rings (SSSR count). The molecule has 29 heavy (non-hydrogen) atoms. The Bertz CT molecular complexity index is 698. The lowest BCUT2D eigenvalue weighted by molar-refractivity contribution is -0.124. The molecule has 0 aliphatic carbocycles. The van der Waals surface area contributed by atoms with E-state index in [-0.39, 0.29) is 24.0 Å². The Morgan fingerprint density at radius 2 is 2.24 bits per heavy atom. The largest absolute Gasteiger partial charge is 0.396 e. The molecule has 2 aliphatic rings. The van der Waals surface area contributed by atoms with Gasteiger partial charge in [-0.3, -0.25) is 9.79 Å². The summed E-state index contributed by atoms with van der Waals surface area (Å²) in [6.45, 7) is 3.47. The van der Waals surface area contributed by atoms with Gasteiger partial charge in [0.25, 0.3) is 5.91 Å². The molecule has 2 saturated heterocycles. The van der Waals surface area contributed by atoms with E-state index in [0.717, 1.165) is 37.1 Å². The maximum Gasteiger partial charge on any atom is 0.253 e. The van der Waals surface area contributed by atoms with Gasteiger partial charge in [-0.1, -0.05) is 12.1 Å². The van der Waals surface area contributed by atoms with Crippen molar-refractivity contribution in [2.45, 2.75) is 38.3 Å². The second kappa shape index (κ2) is 10.6. The molecule has 0 saturated carbocycles. The first-order chi connectivity index (χ1) is 14.1. The molecule has 0 bridgehead atoms. The number of aliphatic hydroxyl groups excluding tert-OH is 1. The van der Waals surface area contributed by atoms with Crippen molar-refractivity contribution in [3.8, 4) is 0 Å². The van der Waals surface area contributed by atoms with Crippen molar-refractivity contribution in [1.29, 1.82) is 0 Å². The van der Waals surface area contributed by atoms with Gasteiger partial charge in [0, 0.05) is 51.1 Å². The van der Waals surface area contributed by atoms with Crippen LogP contribution in [0.5, 0.6) is 0 Å². The van der Waals surface area contributed by atoms with Crippen LogP contribution >= 0.6 is 0 Å². The standard InChI is InChI=1S/C21H32N4O4/c1-22-20(24-14-21(7-9-26)8-11-28-15-21)23-13-16-4-2-5-17(12-16)25-19(27)18-6-3-10-29-18/h2,4-5,12,18,26H,3,6-11,13-15H2,1H3,(H,25,27)(H2,22,23,24). The monoisotopic (exact) mass is 404 g/mol. The number of carbonyl (C=O) groups is 1. The molecule has 2 unspecified atom stereocenters. The van der Waals surface area contributed by atoms with Gasteiger partial charge < -0.3 is 30.5 Å². The molecule has 0 aromatic heterocycles. The van der Waals surface area contributed by atoms with Crippen LogP contribution in [-0.4, -0.2) is 63.1 Å². The number of amides is 1. The highest BCUT2D eigenvalue weighted by Gasteiger charge is 2.34. The summed E-state index contributed by atoms with van der Waals surface area (Å²) in [4.78, 5) is 16.5. The molecule has 8 heteroatoms. The molecule has 1 aromatic rings. The average molecular weight is 405 g/mol. The number of nitrogens with one attached hydrogen (secondary N) is 3. The highest BCUT2D eigenvalue weighted by Crippen LogP contribution is 2.31. The minimum Gasteiger partial charge on any atom is -0.396 e. The second-order valence-electron chi connectivity index (χ2n) is 7.75. The number of carbonyl (C=O) groups excluding carboxylic acids is 1. The molecular weight excluding hydrogens is 372 g/mol. The maximum absolute atomic E-state index is 12.2. The fourth-order valence-corrected chi connectivity index (χ4v) is 3.76. The van der Waals surface area contributed by atoms with Crippen LogP contribution in [0.2, 0.25) is 0 Å². The van der Waals surface area contributed by atoms with Gasteiger partial charge >= 0.3 is 0 Å². The summed E-state index contributed by atoms with van der Waals surface area (Å²) in [5.41, 5.74) is 1.75. The van der Waals surface area contributed by atoms with Gasteiger partial charge in [0.05, 0.1) is 6.61 Å². The molecule has 8 nitrogen and oxygen atoms in total. The molecule has 0 radical (unpaired) electrons. The first-order valence-electron chi connectivity index (χ1n) is 10.3. The number of benzene rings is 1. The summed E-state index contributed by atoms with van der Waals surface area (Å²) in [6.07, 6.45) is 3.01. The summed E-state index contributed by atoms with van der Waals surface area (Å²) >= 11 is 0. The predicted molar refractivity (Wildman–Crippen MR) is 112 cm³/mol. The topological polar surface area (TPSA) is 104 Å². The highest BCUT2D eigenvalue weighted by atomic mass is 16.5. The van der Waals surface area contributed by atoms with E-state index in [9.17, 15) is 9.90 Å². The lowest BCUT2D eigenvalue weighted by Gasteiger charge is -2.27. The third-order valence-corrected chi connectivity index (χ3v) is 5.56. The van der Waals surface area contributed by atoms with Crippen molar-refractivity contribution in [2.24, 2.45) is 10.4 Å². The lowest BCUT2D eigenvalue weighted by atomic mass is 9.84. The molecule has 2 aliphatic heterocycles. The van der Waals surface area contributed by atoms with E-state index in [1.54, 1.807) is 7.05 Å². The molecular formula is C21H32N4O4. The molecule has 2 heterocycles. The van der Waals surface area contributed by atoms with Crippen molar-refractivity contribution in [3.63, 3.8) is 0 Å². The van der Waals surface area contributed by atoms with Crippen LogP contribution < -0.4 is 16.0 Å². The third kappa shape index (κ3) is 6.16. The van der Waals surface area contributed by atoms with Gasteiger partial charge in [-0.2, -0.15) is 0 Å². The van der Waals surface area contributed by atoms with Gasteiger partial charge in [-0.15, -0.1) is 0 Å². The zero-order chi connectivity index (χ0) is 20.5. The molecule has 1 amide bonds. The number of rotatable bonds is 8. The summed E-state index contributed by atoms with van der Waals surface area (Å²) in [7, 11) is 1.73. The number of aliphatic hydroxyl groups is 1. The van der Waals surface area contributed by atoms with E-state index in [4.69, 9.17) is 9.47 Å². The molecule has 0 spiro atoms. The zero-order valence-electron chi connectivity index (χ0n) is 17.1. The van der Waals surface area contributed by atoms with E-state index in [0.29, 0.717) is 38.7 Å². The Balaban J connectivity index is 1.49. The lowest BCUT2D eigenvalue weighted by Crippen LogP contribution is -2.44. The van der Waals surface area contributed by atoms with Crippen molar-refractivity contribution < 1.29 is 19.4 Å². The number of nitrogens with zero attached hydrogens (tertiary/aromatic N) is 1. The third-order valence-electron chi connectivity index (χ3n) is 5.56. The summed E-state index contributed by atoms with van der Waals surface area (Å²) < 4.78 is 11.0. The van der Waals surface area contributed by atoms with Crippen LogP contribution in [0.3, 0.4) is 0 Å². The number of hydrogen-bond acceptors (Lipinski definition) is 5. The van der Waals surface area contributed by atoms with Crippen molar-refractivity contribution in [2.75, 3.05) is 45.3 Å². The second-order valence-corrected chi connectivity index (χ2v) is 7.75. The Labute approximate surface area is 172 Å². The van der Waals surface area contributed by atoms with Crippen LogP contribution in [0.4, 0.5) is 5.69 Å². The maximum atomic E-state index is 12.2. The minimum atomic E-state index is -0.342. The zero-order valence-corrected chi connectivity index (χ0v) is 17.1. The summed E-state index contributed by atoms with van der Waals surface area (Å²) in [5, 5.41) is 18.9. The van der Waals surface area contributed by atoms with Crippen molar-refractivity contribution >= 4 is 17.6 Å². The van der Waals surface area contributed by atoms with Crippen molar-refractivity contribution in [3.05, 3.63) is 29.8 Å². The van der Waals surface area contributed by atoms with E-state index in [1.165, 1.54) is 0 Å². The molecule has 2 fully saturated rings. The minimum absolute atomic E-state index is 0.0428. The Morgan fingerprint density at radius 1 is 1.34 bits per heavy atom. The first-order valence-corrected chi connectivity index (χ1v) is 10.3. The van der Waals surface area contributed by atoms with Crippen LogP contribution in [-0.2, 0) is 20.8 Å². The van der Waals surface area contributed by atoms with Gasteiger partial charge in [-0.05, 0) is 43.4 Å². The summed E-state index contributed by atoms with van der Waals surface area (Å²) in [5.74, 6) is 0.612. The van der Waals surface area contributed by atoms with E-state index in [2.05, 4.69) is 20.9 Å². The van der Waals surface area contributed by atoms with Crippen LogP contribution in [0, 0.1) is 5.41 Å². The van der Waals surface area contributed by atoms with Gasteiger partial charge in [-0.25, -0.2) is 0 Å². The smallest absolute Gasteiger partial charge is 0.253 e. The highest BCUT2D eigenvalue weighted by molar-refractivity contribution is 5.94. The van der Waals surface area contributed by atoms with Gasteiger partial charge in [0.2, 0.25) is 0 Å². The SMILES string of the molecule is CN=C(NCc1cccc(NC(=O)C2CCCO2)c1)NCC1(CCO)CCOC1. The summed E-state index contributed by atoms with van der Waals surface area (Å²) in [6, 6.07) is 7.75. The van der Waals surface area contributed by atoms with E-state index >= 15 is 0 Å². The van der Waals surface area contributed by atoms with Gasteiger partial charge in [0.1, 0.15) is 6.10 Å². The van der Waals surface area contributed by atoms with E-state index in [1.807, 2.05) is 24.3 Å². The number of ether oxygens (including phenoxy) is 2. The molecule has 1 aromatic carbocycles. The Hall–Kier alpha value is -2.16. The fraction of sp³-hybridized carbons (Fsp3) is 0.619. The molecule has 4 N–H and O–H groups in total. The number of hydrogen-bond donors (Lipinski definition) is 4. The Kier molecular flexibility index (Phi) is 7.85. The molecule has 2 atom stereocenters. The van der Waals surface area contributed by atoms with Crippen LogP contribution in [0.15, 0.2) is 29.3 Å². The Morgan fingerprint density at radius 3 is 2.93 bits per heavy atom. The number of aliphatic imine (C=N–C) groups is 1. The number of anilines is 1. The van der Waals surface area contributed by atoms with Crippen molar-refractivity contribution in [1.82, 2.24) is 10.6 Å². The normalized spacial score (nSPS) is 24.5.